The van der Waals surface area contributed by atoms with Crippen LogP contribution in [-0.2, 0) is 11.2 Å². The van der Waals surface area contributed by atoms with Gasteiger partial charge in [-0.1, -0.05) is 6.07 Å². The monoisotopic (exact) mass is 446 g/mol. The van der Waals surface area contributed by atoms with Crippen molar-refractivity contribution in [3.8, 4) is 0 Å². The lowest BCUT2D eigenvalue weighted by Crippen LogP contribution is -2.49. The maximum atomic E-state index is 13.8. The third kappa shape index (κ3) is 5.31. The van der Waals surface area contributed by atoms with Crippen LogP contribution >= 0.6 is 0 Å². The summed E-state index contributed by atoms with van der Waals surface area (Å²) in [5.74, 6) is 0.0966. The highest BCUT2D eigenvalue weighted by atomic mass is 19.1. The summed E-state index contributed by atoms with van der Waals surface area (Å²) in [6.45, 7) is 6.62. The fourth-order valence-corrected chi connectivity index (χ4v) is 4.12. The SMILES string of the molecule is O=C(Cc1ccc(F)cc1F)N1CCN(c2ccc(N3CCN(CCO)CC3)nn2)CC1. The molecule has 0 saturated carbocycles. The van der Waals surface area contributed by atoms with Gasteiger partial charge >= 0.3 is 0 Å². The molecule has 0 aliphatic carbocycles. The van der Waals surface area contributed by atoms with Crippen molar-refractivity contribution in [2.24, 2.45) is 0 Å². The number of piperazine rings is 2. The number of nitrogens with zero attached hydrogens (tertiary/aromatic N) is 6. The molecule has 2 aliphatic heterocycles. The number of carbonyl (C=O) groups is 1. The molecule has 172 valence electrons. The van der Waals surface area contributed by atoms with Gasteiger partial charge < -0.3 is 19.8 Å². The third-order valence-corrected chi connectivity index (χ3v) is 6.06. The summed E-state index contributed by atoms with van der Waals surface area (Å²) in [6, 6.07) is 7.22. The molecule has 8 nitrogen and oxygen atoms in total. The summed E-state index contributed by atoms with van der Waals surface area (Å²) in [5.41, 5.74) is 0.206. The predicted molar refractivity (Wildman–Crippen MR) is 117 cm³/mol. The second-order valence-corrected chi connectivity index (χ2v) is 8.08. The molecule has 0 unspecified atom stereocenters. The Kier molecular flexibility index (Phi) is 7.11. The lowest BCUT2D eigenvalue weighted by Gasteiger charge is -2.36. The van der Waals surface area contributed by atoms with E-state index in [9.17, 15) is 13.6 Å². The van der Waals surface area contributed by atoms with Crippen LogP contribution in [0.25, 0.3) is 0 Å². The van der Waals surface area contributed by atoms with Crippen LogP contribution in [0, 0.1) is 11.6 Å². The van der Waals surface area contributed by atoms with Crippen LogP contribution in [-0.4, -0.2) is 96.5 Å². The second-order valence-electron chi connectivity index (χ2n) is 8.08. The molecule has 2 aliphatic rings. The highest BCUT2D eigenvalue weighted by Crippen LogP contribution is 2.19. The normalized spacial score (nSPS) is 17.7. The number of aromatic nitrogens is 2. The van der Waals surface area contributed by atoms with E-state index in [2.05, 4.69) is 24.9 Å². The molecule has 0 bridgehead atoms. The predicted octanol–water partition coefficient (Wildman–Crippen LogP) is 0.760. The second kappa shape index (κ2) is 10.2. The average Bonchev–Trinajstić information content (AvgIpc) is 2.82. The minimum atomic E-state index is -0.692. The van der Waals surface area contributed by atoms with Crippen LogP contribution in [0.1, 0.15) is 5.56 Å². The number of rotatable bonds is 6. The van der Waals surface area contributed by atoms with Crippen molar-refractivity contribution in [3.63, 3.8) is 0 Å². The number of halogens is 2. The van der Waals surface area contributed by atoms with Crippen LogP contribution in [0.5, 0.6) is 0 Å². The van der Waals surface area contributed by atoms with Gasteiger partial charge in [0.25, 0.3) is 0 Å². The summed E-state index contributed by atoms with van der Waals surface area (Å²) in [7, 11) is 0. The summed E-state index contributed by atoms with van der Waals surface area (Å²) in [6.07, 6.45) is -0.0772. The maximum absolute atomic E-state index is 13.8. The lowest BCUT2D eigenvalue weighted by molar-refractivity contribution is -0.130. The van der Waals surface area contributed by atoms with E-state index in [1.807, 2.05) is 12.1 Å². The quantitative estimate of drug-likeness (QED) is 0.702. The largest absolute Gasteiger partial charge is 0.395 e. The summed E-state index contributed by atoms with van der Waals surface area (Å²) in [4.78, 5) is 20.7. The highest BCUT2D eigenvalue weighted by Gasteiger charge is 2.24. The minimum Gasteiger partial charge on any atom is -0.395 e. The van der Waals surface area contributed by atoms with Gasteiger partial charge in [0.05, 0.1) is 13.0 Å². The number of benzene rings is 1. The Hall–Kier alpha value is -2.85. The molecule has 0 spiro atoms. The fourth-order valence-electron chi connectivity index (χ4n) is 4.12. The Bertz CT molecular complexity index is 913. The van der Waals surface area contributed by atoms with Gasteiger partial charge in [-0.3, -0.25) is 9.69 Å². The Labute approximate surface area is 186 Å². The first-order valence-corrected chi connectivity index (χ1v) is 10.9. The van der Waals surface area contributed by atoms with E-state index in [0.29, 0.717) is 32.7 Å². The molecule has 32 heavy (non-hydrogen) atoms. The zero-order valence-electron chi connectivity index (χ0n) is 18.0. The molecular weight excluding hydrogens is 418 g/mol. The first-order chi connectivity index (χ1) is 15.5. The average molecular weight is 447 g/mol. The van der Waals surface area contributed by atoms with Gasteiger partial charge in [0, 0.05) is 65.0 Å². The molecule has 4 rings (SSSR count). The van der Waals surface area contributed by atoms with Crippen LogP contribution in [0.15, 0.2) is 30.3 Å². The number of β-amino-alcohol motifs (C(OH)–C–C–N with tert-alkyl or cyclic N) is 1. The van der Waals surface area contributed by atoms with Crippen LogP contribution in [0.2, 0.25) is 0 Å². The molecule has 1 aromatic heterocycles. The van der Waals surface area contributed by atoms with Gasteiger partial charge in [0.1, 0.15) is 11.6 Å². The van der Waals surface area contributed by atoms with E-state index >= 15 is 0 Å². The van der Waals surface area contributed by atoms with Crippen LogP contribution in [0.4, 0.5) is 20.4 Å². The van der Waals surface area contributed by atoms with Crippen molar-refractivity contribution >= 4 is 17.5 Å². The van der Waals surface area contributed by atoms with E-state index in [0.717, 1.165) is 43.9 Å². The van der Waals surface area contributed by atoms with E-state index in [1.165, 1.54) is 12.1 Å². The Balaban J connectivity index is 1.27. The molecule has 1 amide bonds. The van der Waals surface area contributed by atoms with Crippen molar-refractivity contribution in [1.82, 2.24) is 20.0 Å². The van der Waals surface area contributed by atoms with Gasteiger partial charge in [-0.15, -0.1) is 10.2 Å². The number of hydrogen-bond acceptors (Lipinski definition) is 7. The Morgan fingerprint density at radius 3 is 2.00 bits per heavy atom. The first kappa shape index (κ1) is 22.3. The first-order valence-electron chi connectivity index (χ1n) is 10.9. The number of aliphatic hydroxyl groups excluding tert-OH is 1. The third-order valence-electron chi connectivity index (χ3n) is 6.06. The maximum Gasteiger partial charge on any atom is 0.227 e. The van der Waals surface area contributed by atoms with Gasteiger partial charge in [0.15, 0.2) is 11.6 Å². The number of amides is 1. The topological polar surface area (TPSA) is 76.0 Å². The van der Waals surface area contributed by atoms with Crippen molar-refractivity contribution in [2.45, 2.75) is 6.42 Å². The van der Waals surface area contributed by atoms with Gasteiger partial charge in [-0.05, 0) is 23.8 Å². The standard InChI is InChI=1S/C22H28F2N6O2/c23-18-2-1-17(19(24)16-18)15-22(32)30-11-9-29(10-12-30)21-4-3-20(25-26-21)28-7-5-27(6-8-28)13-14-31/h1-4,16,31H,5-15H2. The van der Waals surface area contributed by atoms with Gasteiger partial charge in [0.2, 0.25) is 5.91 Å². The van der Waals surface area contributed by atoms with Crippen LogP contribution in [0.3, 0.4) is 0 Å². The number of aliphatic hydroxyl groups is 1. The number of carbonyl (C=O) groups excluding carboxylic acids is 1. The zero-order chi connectivity index (χ0) is 22.5. The summed E-state index contributed by atoms with van der Waals surface area (Å²) in [5, 5.41) is 17.8. The van der Waals surface area contributed by atoms with Crippen molar-refractivity contribution in [3.05, 3.63) is 47.5 Å². The van der Waals surface area contributed by atoms with Gasteiger partial charge in [-0.25, -0.2) is 8.78 Å². The molecule has 1 N–H and O–H groups in total. The summed E-state index contributed by atoms with van der Waals surface area (Å²) < 4.78 is 26.9. The fraction of sp³-hybridized carbons (Fsp3) is 0.500. The van der Waals surface area contributed by atoms with Crippen molar-refractivity contribution in [1.29, 1.82) is 0 Å². The van der Waals surface area contributed by atoms with E-state index < -0.39 is 11.6 Å². The Morgan fingerprint density at radius 1 is 0.875 bits per heavy atom. The van der Waals surface area contributed by atoms with Crippen LogP contribution < -0.4 is 9.80 Å². The molecule has 2 saturated heterocycles. The van der Waals surface area contributed by atoms with E-state index in [4.69, 9.17) is 5.11 Å². The van der Waals surface area contributed by atoms with E-state index in [-0.39, 0.29) is 24.5 Å². The molecule has 3 heterocycles. The van der Waals surface area contributed by atoms with E-state index in [1.54, 1.807) is 4.90 Å². The molecule has 0 atom stereocenters. The van der Waals surface area contributed by atoms with Crippen molar-refractivity contribution < 1.29 is 18.7 Å². The molecular formula is C22H28F2N6O2. The van der Waals surface area contributed by atoms with Gasteiger partial charge in [-0.2, -0.15) is 0 Å². The Morgan fingerprint density at radius 2 is 1.47 bits per heavy atom. The smallest absolute Gasteiger partial charge is 0.227 e. The summed E-state index contributed by atoms with van der Waals surface area (Å²) >= 11 is 0. The van der Waals surface area contributed by atoms with Crippen molar-refractivity contribution in [2.75, 3.05) is 75.3 Å². The number of anilines is 2. The zero-order valence-corrected chi connectivity index (χ0v) is 18.0. The molecule has 2 fully saturated rings. The molecule has 1 aromatic carbocycles. The molecule has 10 heteroatoms. The molecule has 0 radical (unpaired) electrons. The lowest BCUT2D eigenvalue weighted by atomic mass is 10.1. The minimum absolute atomic E-state index is 0.0772. The highest BCUT2D eigenvalue weighted by molar-refractivity contribution is 5.79. The number of hydrogen-bond donors (Lipinski definition) is 1. The molecule has 2 aromatic rings.